The number of hydrogen-bond acceptors (Lipinski definition) is 6. The Hall–Kier alpha value is -1.11. The van der Waals surface area contributed by atoms with Crippen LogP contribution in [-0.4, -0.2) is 15.2 Å². The van der Waals surface area contributed by atoms with Gasteiger partial charge in [0.05, 0.1) is 9.90 Å². The largest absolute Gasteiger partial charge is 0.397 e. The van der Waals surface area contributed by atoms with E-state index in [1.54, 1.807) is 34.4 Å². The first-order valence-corrected chi connectivity index (χ1v) is 8.90. The minimum atomic E-state index is 0.518. The maximum absolute atomic E-state index is 6.29. The van der Waals surface area contributed by atoms with Gasteiger partial charge in [0, 0.05) is 22.2 Å². The number of fused-ring (bicyclic) bond motifs is 1. The van der Waals surface area contributed by atoms with E-state index in [0.717, 1.165) is 26.6 Å². The Labute approximate surface area is 130 Å². The number of nitrogens with two attached hydrogens (primary N) is 1. The highest BCUT2D eigenvalue weighted by Gasteiger charge is 2.16. The van der Waals surface area contributed by atoms with Gasteiger partial charge in [0.15, 0.2) is 0 Å². The molecule has 3 rings (SSSR count). The van der Waals surface area contributed by atoms with Crippen LogP contribution in [0.3, 0.4) is 0 Å². The number of nitrogens with zero attached hydrogens (tertiary/aromatic N) is 2. The molecular formula is C14H15N3S3. The number of aromatic nitrogens is 2. The summed E-state index contributed by atoms with van der Waals surface area (Å²) in [5, 5.41) is 4.54. The molecule has 0 aromatic carbocycles. The zero-order valence-corrected chi connectivity index (χ0v) is 14.0. The average molecular weight is 321 g/mol. The molecule has 0 aliphatic carbocycles. The average Bonchev–Trinajstić information content (AvgIpc) is 2.98. The summed E-state index contributed by atoms with van der Waals surface area (Å²) in [6, 6.07) is 2.08. The lowest BCUT2D eigenvalue weighted by molar-refractivity contribution is 1.11. The van der Waals surface area contributed by atoms with Crippen LogP contribution < -0.4 is 5.73 Å². The molecule has 0 amide bonds. The molecule has 6 heteroatoms. The molecule has 20 heavy (non-hydrogen) atoms. The second-order valence-electron chi connectivity index (χ2n) is 4.81. The summed E-state index contributed by atoms with van der Waals surface area (Å²) >= 11 is 5.09. The molecule has 0 bridgehead atoms. The van der Waals surface area contributed by atoms with Crippen LogP contribution in [0.2, 0.25) is 0 Å². The maximum atomic E-state index is 6.29. The van der Waals surface area contributed by atoms with Crippen molar-refractivity contribution in [3.63, 3.8) is 0 Å². The predicted octanol–water partition coefficient (Wildman–Crippen LogP) is 4.81. The van der Waals surface area contributed by atoms with E-state index < -0.39 is 0 Å². The van der Waals surface area contributed by atoms with Gasteiger partial charge in [-0.3, -0.25) is 0 Å². The van der Waals surface area contributed by atoms with E-state index >= 15 is 0 Å². The van der Waals surface area contributed by atoms with E-state index in [9.17, 15) is 0 Å². The minimum absolute atomic E-state index is 0.518. The second-order valence-corrected chi connectivity index (χ2v) is 8.55. The van der Waals surface area contributed by atoms with Crippen molar-refractivity contribution in [2.45, 2.75) is 30.2 Å². The molecule has 3 heterocycles. The molecule has 0 aliphatic heterocycles. The molecule has 0 aliphatic rings. The Morgan fingerprint density at radius 2 is 2.15 bits per heavy atom. The molecule has 0 radical (unpaired) electrons. The Kier molecular flexibility index (Phi) is 3.70. The van der Waals surface area contributed by atoms with Crippen LogP contribution in [0.4, 0.5) is 5.69 Å². The van der Waals surface area contributed by atoms with Crippen LogP contribution in [0.1, 0.15) is 19.4 Å². The summed E-state index contributed by atoms with van der Waals surface area (Å²) < 4.78 is 1.17. The Bertz CT molecular complexity index is 745. The Morgan fingerprint density at radius 3 is 2.80 bits per heavy atom. The smallest absolute Gasteiger partial charge is 0.141 e. The SMILES string of the molecule is Cc1cc(-c2nccs2)nc2sc(SC(C)C)c(N)c12. The van der Waals surface area contributed by atoms with E-state index in [0.29, 0.717) is 5.25 Å². The zero-order valence-electron chi connectivity index (χ0n) is 11.5. The molecule has 0 fully saturated rings. The third kappa shape index (κ3) is 2.43. The summed E-state index contributed by atoms with van der Waals surface area (Å²) in [7, 11) is 0. The molecule has 3 nitrogen and oxygen atoms in total. The summed E-state index contributed by atoms with van der Waals surface area (Å²) in [6.07, 6.45) is 1.81. The molecular weight excluding hydrogens is 306 g/mol. The van der Waals surface area contributed by atoms with E-state index in [1.807, 2.05) is 11.6 Å². The van der Waals surface area contributed by atoms with Crippen molar-refractivity contribution in [2.75, 3.05) is 5.73 Å². The number of rotatable bonds is 3. The standard InChI is InChI=1S/C14H15N3S3/c1-7(2)19-14-11(15)10-8(3)6-9(17-13(10)20-14)12-16-4-5-18-12/h4-7H,15H2,1-3H3. The van der Waals surface area contributed by atoms with Gasteiger partial charge in [-0.25, -0.2) is 9.97 Å². The summed E-state index contributed by atoms with van der Waals surface area (Å²) in [6.45, 7) is 6.44. The molecule has 3 aromatic rings. The first-order chi connectivity index (χ1) is 9.56. The van der Waals surface area contributed by atoms with Crippen LogP contribution in [0.25, 0.3) is 20.9 Å². The number of nitrogen functional groups attached to an aromatic ring is 1. The highest BCUT2D eigenvalue weighted by Crippen LogP contribution is 2.43. The second kappa shape index (κ2) is 5.35. The molecule has 0 unspecified atom stereocenters. The third-order valence-corrected chi connectivity index (χ3v) is 5.99. The number of anilines is 1. The monoisotopic (exact) mass is 321 g/mol. The van der Waals surface area contributed by atoms with Gasteiger partial charge in [-0.15, -0.1) is 34.4 Å². The Balaban J connectivity index is 2.17. The number of hydrogen-bond donors (Lipinski definition) is 1. The van der Waals surface area contributed by atoms with E-state index in [2.05, 4.69) is 31.8 Å². The molecule has 0 spiro atoms. The quantitative estimate of drug-likeness (QED) is 0.703. The van der Waals surface area contributed by atoms with E-state index in [-0.39, 0.29) is 0 Å². The van der Waals surface area contributed by atoms with Gasteiger partial charge in [0.1, 0.15) is 15.5 Å². The maximum Gasteiger partial charge on any atom is 0.141 e. The fourth-order valence-corrected chi connectivity index (χ4v) is 5.22. The number of aryl methyl sites for hydroxylation is 1. The number of thiophene rings is 1. The van der Waals surface area contributed by atoms with E-state index in [4.69, 9.17) is 10.7 Å². The summed E-state index contributed by atoms with van der Waals surface area (Å²) in [4.78, 5) is 10.1. The number of thiazole rings is 1. The van der Waals surface area contributed by atoms with Gasteiger partial charge in [0.2, 0.25) is 0 Å². The molecule has 0 saturated carbocycles. The molecule has 104 valence electrons. The summed E-state index contributed by atoms with van der Waals surface area (Å²) in [5.41, 5.74) is 9.28. The van der Waals surface area contributed by atoms with Crippen molar-refractivity contribution in [3.8, 4) is 10.7 Å². The molecule has 3 aromatic heterocycles. The van der Waals surface area contributed by atoms with Crippen molar-refractivity contribution >= 4 is 50.3 Å². The predicted molar refractivity (Wildman–Crippen MR) is 90.9 cm³/mol. The van der Waals surface area contributed by atoms with Crippen molar-refractivity contribution in [2.24, 2.45) is 0 Å². The van der Waals surface area contributed by atoms with Crippen LogP contribution in [0.5, 0.6) is 0 Å². The Morgan fingerprint density at radius 1 is 1.35 bits per heavy atom. The lowest BCUT2D eigenvalue weighted by Crippen LogP contribution is -1.91. The fourth-order valence-electron chi connectivity index (χ4n) is 2.05. The number of thioether (sulfide) groups is 1. The van der Waals surface area contributed by atoms with Crippen LogP contribution >= 0.6 is 34.4 Å². The van der Waals surface area contributed by atoms with Crippen molar-refractivity contribution < 1.29 is 0 Å². The van der Waals surface area contributed by atoms with Crippen LogP contribution in [0.15, 0.2) is 21.9 Å². The molecule has 0 saturated heterocycles. The normalized spacial score (nSPS) is 11.6. The van der Waals surface area contributed by atoms with Gasteiger partial charge in [0.25, 0.3) is 0 Å². The van der Waals surface area contributed by atoms with Gasteiger partial charge >= 0.3 is 0 Å². The highest BCUT2D eigenvalue weighted by atomic mass is 32.2. The topological polar surface area (TPSA) is 51.8 Å². The van der Waals surface area contributed by atoms with Crippen molar-refractivity contribution in [1.82, 2.24) is 9.97 Å². The minimum Gasteiger partial charge on any atom is -0.397 e. The van der Waals surface area contributed by atoms with Gasteiger partial charge < -0.3 is 5.73 Å². The van der Waals surface area contributed by atoms with Gasteiger partial charge in [-0.05, 0) is 18.6 Å². The zero-order chi connectivity index (χ0) is 14.3. The van der Waals surface area contributed by atoms with Crippen LogP contribution in [-0.2, 0) is 0 Å². The fraction of sp³-hybridized carbons (Fsp3) is 0.286. The van der Waals surface area contributed by atoms with Crippen LogP contribution in [0, 0.1) is 6.92 Å². The molecule has 2 N–H and O–H groups in total. The lowest BCUT2D eigenvalue weighted by Gasteiger charge is -2.03. The van der Waals surface area contributed by atoms with Crippen molar-refractivity contribution in [1.29, 1.82) is 0 Å². The van der Waals surface area contributed by atoms with Gasteiger partial charge in [-0.2, -0.15) is 0 Å². The third-order valence-electron chi connectivity index (χ3n) is 2.86. The first-order valence-electron chi connectivity index (χ1n) is 6.32. The molecule has 0 atom stereocenters. The summed E-state index contributed by atoms with van der Waals surface area (Å²) in [5.74, 6) is 0. The number of pyridine rings is 1. The van der Waals surface area contributed by atoms with E-state index in [1.165, 1.54) is 9.77 Å². The first kappa shape index (κ1) is 13.9. The van der Waals surface area contributed by atoms with Crippen molar-refractivity contribution in [3.05, 3.63) is 23.2 Å². The lowest BCUT2D eigenvalue weighted by atomic mass is 10.1. The van der Waals surface area contributed by atoms with Gasteiger partial charge in [-0.1, -0.05) is 13.8 Å². The highest BCUT2D eigenvalue weighted by molar-refractivity contribution is 8.02.